The van der Waals surface area contributed by atoms with Crippen LogP contribution in [-0.4, -0.2) is 64.0 Å². The van der Waals surface area contributed by atoms with Gasteiger partial charge in [0.1, 0.15) is 11.8 Å². The number of carbonyl (C=O) groups is 2. The molecule has 2 aromatic rings. The number of rotatable bonds is 8. The van der Waals surface area contributed by atoms with Crippen LogP contribution in [0.25, 0.3) is 0 Å². The fraction of sp³-hybridized carbons (Fsp3) is 0.391. The molecule has 2 amide bonds. The summed E-state index contributed by atoms with van der Waals surface area (Å²) in [6.45, 7) is 4.90. The van der Waals surface area contributed by atoms with E-state index in [9.17, 15) is 18.0 Å². The molecule has 2 N–H and O–H groups in total. The van der Waals surface area contributed by atoms with Gasteiger partial charge in [-0.15, -0.1) is 0 Å². The third-order valence-corrected chi connectivity index (χ3v) is 7.19. The molecule has 0 aliphatic carbocycles. The maximum absolute atomic E-state index is 13.0. The number of hydrogen-bond donors (Lipinski definition) is 2. The molecule has 1 saturated heterocycles. The summed E-state index contributed by atoms with van der Waals surface area (Å²) in [5.74, 6) is -0.410. The van der Waals surface area contributed by atoms with Gasteiger partial charge in [-0.25, -0.2) is 8.42 Å². The Hall–Kier alpha value is -2.95. The summed E-state index contributed by atoms with van der Waals surface area (Å²) in [6.07, 6.45) is 0. The van der Waals surface area contributed by atoms with Crippen LogP contribution in [0.4, 0.5) is 5.69 Å². The zero-order chi connectivity index (χ0) is 24.0. The minimum Gasteiger partial charge on any atom is -0.497 e. The molecule has 178 valence electrons. The summed E-state index contributed by atoms with van der Waals surface area (Å²) >= 11 is 0. The number of carbonyl (C=O) groups excluding carboxylic acids is 2. The topological polar surface area (TPSA) is 114 Å². The van der Waals surface area contributed by atoms with E-state index >= 15 is 0 Å². The molecule has 0 spiro atoms. The van der Waals surface area contributed by atoms with Gasteiger partial charge in [0.25, 0.3) is 5.91 Å². The summed E-state index contributed by atoms with van der Waals surface area (Å²) in [4.78, 5) is 25.7. The van der Waals surface area contributed by atoms with Gasteiger partial charge in [0.15, 0.2) is 0 Å². The van der Waals surface area contributed by atoms with Crippen molar-refractivity contribution < 1.29 is 27.5 Å². The number of ether oxygens (including phenoxy) is 2. The van der Waals surface area contributed by atoms with E-state index in [-0.39, 0.29) is 23.9 Å². The van der Waals surface area contributed by atoms with Crippen LogP contribution in [0, 0.1) is 5.92 Å². The van der Waals surface area contributed by atoms with E-state index in [4.69, 9.17) is 9.47 Å². The van der Waals surface area contributed by atoms with Gasteiger partial charge in [0.05, 0.1) is 25.2 Å². The van der Waals surface area contributed by atoms with Gasteiger partial charge >= 0.3 is 0 Å². The molecular weight excluding hydrogens is 446 g/mol. The molecule has 10 heteroatoms. The van der Waals surface area contributed by atoms with Crippen LogP contribution in [0.5, 0.6) is 5.75 Å². The van der Waals surface area contributed by atoms with Gasteiger partial charge < -0.3 is 20.1 Å². The van der Waals surface area contributed by atoms with E-state index in [0.717, 1.165) is 0 Å². The minimum atomic E-state index is -3.70. The zero-order valence-corrected chi connectivity index (χ0v) is 19.7. The summed E-state index contributed by atoms with van der Waals surface area (Å²) in [5, 5.41) is 5.49. The first kappa shape index (κ1) is 24.7. The van der Waals surface area contributed by atoms with E-state index in [1.165, 1.54) is 23.5 Å². The van der Waals surface area contributed by atoms with Crippen LogP contribution >= 0.6 is 0 Å². The third-order valence-electron chi connectivity index (χ3n) is 5.30. The van der Waals surface area contributed by atoms with Crippen LogP contribution in [0.15, 0.2) is 53.4 Å². The second-order valence-electron chi connectivity index (χ2n) is 7.96. The van der Waals surface area contributed by atoms with Crippen LogP contribution in [0.1, 0.15) is 24.2 Å². The molecule has 33 heavy (non-hydrogen) atoms. The Bertz CT molecular complexity index is 1080. The van der Waals surface area contributed by atoms with Gasteiger partial charge in [0, 0.05) is 24.3 Å². The Labute approximate surface area is 194 Å². The van der Waals surface area contributed by atoms with Gasteiger partial charge in [-0.3, -0.25) is 9.59 Å². The number of morpholine rings is 1. The predicted molar refractivity (Wildman–Crippen MR) is 124 cm³/mol. The molecule has 2 aromatic carbocycles. The molecule has 0 bridgehead atoms. The number of nitrogens with zero attached hydrogens (tertiary/aromatic N) is 1. The quantitative estimate of drug-likeness (QED) is 0.605. The predicted octanol–water partition coefficient (Wildman–Crippen LogP) is 2.11. The fourth-order valence-electron chi connectivity index (χ4n) is 3.39. The molecule has 9 nitrogen and oxygen atoms in total. The lowest BCUT2D eigenvalue weighted by molar-refractivity contribution is -0.118. The Morgan fingerprint density at radius 1 is 1.06 bits per heavy atom. The zero-order valence-electron chi connectivity index (χ0n) is 18.9. The van der Waals surface area contributed by atoms with Crippen molar-refractivity contribution >= 4 is 27.5 Å². The lowest BCUT2D eigenvalue weighted by Crippen LogP contribution is -2.47. The molecule has 1 aliphatic rings. The molecule has 1 aliphatic heterocycles. The second-order valence-corrected chi connectivity index (χ2v) is 9.90. The van der Waals surface area contributed by atoms with Crippen molar-refractivity contribution in [3.63, 3.8) is 0 Å². The van der Waals surface area contributed by atoms with E-state index in [0.29, 0.717) is 30.2 Å². The summed E-state index contributed by atoms with van der Waals surface area (Å²) < 4.78 is 37.5. The SMILES string of the molecule is COc1ccc(C(=O)NC(C(=O)Nc2cccc(S(=O)(=O)N3CCOCC3)c2)C(C)C)cc1. The Balaban J connectivity index is 1.72. The van der Waals surface area contributed by atoms with E-state index in [1.54, 1.807) is 36.4 Å². The highest BCUT2D eigenvalue weighted by Gasteiger charge is 2.28. The summed E-state index contributed by atoms with van der Waals surface area (Å²) in [5.41, 5.74) is 0.728. The van der Waals surface area contributed by atoms with E-state index in [2.05, 4.69) is 10.6 Å². The number of nitrogens with one attached hydrogen (secondary N) is 2. The molecule has 3 rings (SSSR count). The molecule has 1 heterocycles. The van der Waals surface area contributed by atoms with Crippen LogP contribution < -0.4 is 15.4 Å². The van der Waals surface area contributed by atoms with E-state index in [1.807, 2.05) is 13.8 Å². The monoisotopic (exact) mass is 475 g/mol. The molecular formula is C23H29N3O6S. The van der Waals surface area contributed by atoms with Gasteiger partial charge in [0.2, 0.25) is 15.9 Å². The van der Waals surface area contributed by atoms with Crippen molar-refractivity contribution in [2.24, 2.45) is 5.92 Å². The molecule has 0 saturated carbocycles. The third kappa shape index (κ3) is 6.10. The molecule has 1 atom stereocenters. The average molecular weight is 476 g/mol. The normalized spacial score (nSPS) is 15.6. The van der Waals surface area contributed by atoms with Gasteiger partial charge in [-0.2, -0.15) is 4.31 Å². The molecule has 0 radical (unpaired) electrons. The Morgan fingerprint density at radius 2 is 1.73 bits per heavy atom. The van der Waals surface area contributed by atoms with Gasteiger partial charge in [-0.1, -0.05) is 19.9 Å². The van der Waals surface area contributed by atoms with Crippen molar-refractivity contribution in [3.05, 3.63) is 54.1 Å². The van der Waals surface area contributed by atoms with E-state index < -0.39 is 27.9 Å². The van der Waals surface area contributed by atoms with Crippen molar-refractivity contribution in [3.8, 4) is 5.75 Å². The van der Waals surface area contributed by atoms with Crippen molar-refractivity contribution in [1.29, 1.82) is 0 Å². The van der Waals surface area contributed by atoms with Crippen molar-refractivity contribution in [1.82, 2.24) is 9.62 Å². The first-order chi connectivity index (χ1) is 15.7. The fourth-order valence-corrected chi connectivity index (χ4v) is 4.85. The highest BCUT2D eigenvalue weighted by atomic mass is 32.2. The maximum atomic E-state index is 13.0. The molecule has 1 unspecified atom stereocenters. The number of amides is 2. The highest BCUT2D eigenvalue weighted by molar-refractivity contribution is 7.89. The largest absolute Gasteiger partial charge is 0.497 e. The molecule has 1 fully saturated rings. The Morgan fingerprint density at radius 3 is 2.33 bits per heavy atom. The van der Waals surface area contributed by atoms with Crippen LogP contribution in [0.3, 0.4) is 0 Å². The number of anilines is 1. The second kappa shape index (κ2) is 10.8. The van der Waals surface area contributed by atoms with Crippen molar-refractivity contribution in [2.45, 2.75) is 24.8 Å². The number of benzene rings is 2. The standard InChI is InChI=1S/C23H29N3O6S/c1-16(2)21(25-22(27)17-7-9-19(31-3)10-8-17)23(28)24-18-5-4-6-20(15-18)33(29,30)26-11-13-32-14-12-26/h4-10,15-16,21H,11-14H2,1-3H3,(H,24,28)(H,25,27). The maximum Gasteiger partial charge on any atom is 0.251 e. The highest BCUT2D eigenvalue weighted by Crippen LogP contribution is 2.21. The molecule has 0 aromatic heterocycles. The van der Waals surface area contributed by atoms with Crippen molar-refractivity contribution in [2.75, 3.05) is 38.7 Å². The lowest BCUT2D eigenvalue weighted by atomic mass is 10.0. The first-order valence-electron chi connectivity index (χ1n) is 10.7. The lowest BCUT2D eigenvalue weighted by Gasteiger charge is -2.26. The average Bonchev–Trinajstić information content (AvgIpc) is 2.82. The number of methoxy groups -OCH3 is 1. The van der Waals surface area contributed by atoms with Crippen LogP contribution in [-0.2, 0) is 19.6 Å². The Kier molecular flexibility index (Phi) is 8.06. The number of hydrogen-bond acceptors (Lipinski definition) is 6. The first-order valence-corrected chi connectivity index (χ1v) is 12.1. The minimum absolute atomic E-state index is 0.0885. The smallest absolute Gasteiger partial charge is 0.251 e. The summed E-state index contributed by atoms with van der Waals surface area (Å²) in [6, 6.07) is 11.8. The number of sulfonamides is 1. The van der Waals surface area contributed by atoms with Gasteiger partial charge in [-0.05, 0) is 48.4 Å². The summed E-state index contributed by atoms with van der Waals surface area (Å²) in [7, 11) is -2.16. The van der Waals surface area contributed by atoms with Crippen LogP contribution in [0.2, 0.25) is 0 Å².